The Morgan fingerprint density at radius 1 is 0.633 bits per heavy atom. The van der Waals surface area contributed by atoms with E-state index < -0.39 is 30.2 Å². The summed E-state index contributed by atoms with van der Waals surface area (Å²) in [5.41, 5.74) is 0. The zero-order chi connectivity index (χ0) is 22.0. The number of carboxylic acids is 1. The Morgan fingerprint density at radius 2 is 1.03 bits per heavy atom. The van der Waals surface area contributed by atoms with Crippen molar-refractivity contribution in [1.82, 2.24) is 0 Å². The summed E-state index contributed by atoms with van der Waals surface area (Å²) in [6.45, 7) is 1.86. The molecule has 11 heteroatoms. The third kappa shape index (κ3) is 11.5. The van der Waals surface area contributed by atoms with Crippen LogP contribution in [0.25, 0.3) is 0 Å². The lowest BCUT2D eigenvalue weighted by Gasteiger charge is -2.40. The molecule has 0 spiro atoms. The largest absolute Gasteiger partial charge is 0.481 e. The van der Waals surface area contributed by atoms with Gasteiger partial charge >= 0.3 is 5.97 Å². The molecular formula is C19H36O11. The molecule has 0 aromatic heterocycles. The van der Waals surface area contributed by atoms with Crippen LogP contribution in [0, 0.1) is 5.92 Å². The highest BCUT2D eigenvalue weighted by atomic mass is 16.6. The maximum absolute atomic E-state index is 11.6. The van der Waals surface area contributed by atoms with Crippen LogP contribution in [0.1, 0.15) is 12.8 Å². The van der Waals surface area contributed by atoms with Crippen molar-refractivity contribution in [2.45, 2.75) is 31.2 Å². The molecule has 2 atom stereocenters. The van der Waals surface area contributed by atoms with Crippen LogP contribution in [-0.2, 0) is 33.2 Å². The second-order valence-electron chi connectivity index (χ2n) is 6.67. The molecule has 1 aliphatic carbocycles. The fourth-order valence-corrected chi connectivity index (χ4v) is 3.17. The van der Waals surface area contributed by atoms with E-state index in [9.17, 15) is 9.90 Å². The van der Waals surface area contributed by atoms with E-state index >= 15 is 0 Å². The number of hydrogen-bond acceptors (Lipinski definition) is 10. The first-order valence-corrected chi connectivity index (χ1v) is 10.3. The summed E-state index contributed by atoms with van der Waals surface area (Å²) < 4.78 is 33.2. The second kappa shape index (κ2) is 17.8. The fourth-order valence-electron chi connectivity index (χ4n) is 3.17. The number of hydrogen-bond donors (Lipinski definition) is 4. The van der Waals surface area contributed by atoms with Gasteiger partial charge in [-0.3, -0.25) is 4.79 Å². The van der Waals surface area contributed by atoms with Crippen molar-refractivity contribution in [2.24, 2.45) is 5.92 Å². The molecule has 0 bridgehead atoms. The summed E-state index contributed by atoms with van der Waals surface area (Å²) in [6.07, 6.45) is -0.983. The van der Waals surface area contributed by atoms with Gasteiger partial charge in [0.05, 0.1) is 97.4 Å². The van der Waals surface area contributed by atoms with Crippen molar-refractivity contribution < 1.29 is 53.6 Å². The lowest BCUT2D eigenvalue weighted by atomic mass is 9.83. The van der Waals surface area contributed by atoms with Crippen molar-refractivity contribution in [3.8, 4) is 0 Å². The second-order valence-corrected chi connectivity index (χ2v) is 6.67. The molecule has 0 aliphatic heterocycles. The van der Waals surface area contributed by atoms with E-state index in [1.807, 2.05) is 0 Å². The molecule has 0 heterocycles. The third-order valence-corrected chi connectivity index (χ3v) is 4.48. The van der Waals surface area contributed by atoms with E-state index in [0.29, 0.717) is 0 Å². The van der Waals surface area contributed by atoms with Crippen molar-refractivity contribution in [3.63, 3.8) is 0 Å². The minimum absolute atomic E-state index is 0.0805. The number of carbonyl (C=O) groups is 1. The van der Waals surface area contributed by atoms with Gasteiger partial charge in [-0.25, -0.2) is 0 Å². The first-order valence-electron chi connectivity index (χ1n) is 10.3. The summed E-state index contributed by atoms with van der Waals surface area (Å²) in [5.74, 6) is -1.56. The quantitative estimate of drug-likeness (QED) is 0.177. The van der Waals surface area contributed by atoms with E-state index in [2.05, 4.69) is 0 Å². The Morgan fingerprint density at radius 3 is 1.40 bits per heavy atom. The summed E-state index contributed by atoms with van der Waals surface area (Å²) in [7, 11) is 0. The van der Waals surface area contributed by atoms with Gasteiger partial charge in [-0.05, 0) is 12.8 Å². The third-order valence-electron chi connectivity index (χ3n) is 4.48. The molecule has 0 radical (unpaired) electrons. The van der Waals surface area contributed by atoms with E-state index in [-0.39, 0.29) is 92.1 Å². The Bertz CT molecular complexity index is 399. The normalized spacial score (nSPS) is 24.2. The van der Waals surface area contributed by atoms with Gasteiger partial charge in [0.15, 0.2) is 0 Å². The van der Waals surface area contributed by atoms with Gasteiger partial charge in [0, 0.05) is 0 Å². The highest BCUT2D eigenvalue weighted by Gasteiger charge is 2.42. The van der Waals surface area contributed by atoms with Crippen LogP contribution in [0.2, 0.25) is 0 Å². The van der Waals surface area contributed by atoms with E-state index in [0.717, 1.165) is 0 Å². The molecule has 1 aliphatic rings. The topological polar surface area (TPSA) is 153 Å². The lowest BCUT2D eigenvalue weighted by Crippen LogP contribution is -2.51. The molecule has 2 unspecified atom stereocenters. The molecule has 0 amide bonds. The average Bonchev–Trinajstić information content (AvgIpc) is 2.74. The summed E-state index contributed by atoms with van der Waals surface area (Å²) in [4.78, 5) is 11.6. The number of carboxylic acid groups (broad SMARTS) is 1. The number of ether oxygens (including phenoxy) is 6. The average molecular weight is 440 g/mol. The predicted octanol–water partition coefficient (Wildman–Crippen LogP) is -1.34. The van der Waals surface area contributed by atoms with Crippen molar-refractivity contribution in [1.29, 1.82) is 0 Å². The van der Waals surface area contributed by atoms with E-state index in [4.69, 9.17) is 43.7 Å². The summed E-state index contributed by atoms with van der Waals surface area (Å²) >= 11 is 0. The van der Waals surface area contributed by atoms with Crippen LogP contribution in [0.15, 0.2) is 0 Å². The zero-order valence-corrected chi connectivity index (χ0v) is 17.4. The SMILES string of the molecule is O=C(O)C1CC(OCCOCCO)C(OCCOCCO)C(OCCOCCO)C1. The van der Waals surface area contributed by atoms with Gasteiger partial charge in [0.1, 0.15) is 6.10 Å². The minimum atomic E-state index is -0.921. The van der Waals surface area contributed by atoms with Crippen molar-refractivity contribution in [3.05, 3.63) is 0 Å². The van der Waals surface area contributed by atoms with Gasteiger partial charge in [0.25, 0.3) is 0 Å². The van der Waals surface area contributed by atoms with Gasteiger partial charge in [-0.2, -0.15) is 0 Å². The number of rotatable bonds is 19. The Kier molecular flexibility index (Phi) is 16.1. The highest BCUT2D eigenvalue weighted by molar-refractivity contribution is 5.70. The molecule has 11 nitrogen and oxygen atoms in total. The fraction of sp³-hybridized carbons (Fsp3) is 0.947. The number of aliphatic carboxylic acids is 1. The van der Waals surface area contributed by atoms with Crippen LogP contribution in [0.5, 0.6) is 0 Å². The van der Waals surface area contributed by atoms with E-state index in [1.165, 1.54) is 0 Å². The van der Waals surface area contributed by atoms with Crippen LogP contribution in [0.4, 0.5) is 0 Å². The zero-order valence-electron chi connectivity index (χ0n) is 17.4. The van der Waals surface area contributed by atoms with Crippen LogP contribution in [0.3, 0.4) is 0 Å². The Labute approximate surface area is 176 Å². The maximum Gasteiger partial charge on any atom is 0.306 e. The van der Waals surface area contributed by atoms with Crippen molar-refractivity contribution >= 4 is 5.97 Å². The molecule has 0 saturated heterocycles. The smallest absolute Gasteiger partial charge is 0.306 e. The molecule has 4 N–H and O–H groups in total. The standard InChI is InChI=1S/C19H36O11/c20-1-4-25-7-10-28-16-13-15(19(23)24)14-17(29-11-8-26-5-2-21)18(16)30-12-9-27-6-3-22/h15-18,20-22H,1-14H2,(H,23,24). The molecule has 0 aromatic rings. The lowest BCUT2D eigenvalue weighted by molar-refractivity contribution is -0.186. The van der Waals surface area contributed by atoms with Crippen LogP contribution >= 0.6 is 0 Å². The first kappa shape index (κ1) is 27.1. The Balaban J connectivity index is 2.67. The van der Waals surface area contributed by atoms with Gasteiger partial charge in [0.2, 0.25) is 0 Å². The Hall–Kier alpha value is -0.890. The van der Waals surface area contributed by atoms with Gasteiger partial charge in [-0.1, -0.05) is 0 Å². The number of aliphatic hydroxyl groups excluding tert-OH is 3. The van der Waals surface area contributed by atoms with Gasteiger partial charge < -0.3 is 48.8 Å². The minimum Gasteiger partial charge on any atom is -0.481 e. The van der Waals surface area contributed by atoms with Crippen LogP contribution < -0.4 is 0 Å². The molecule has 178 valence electrons. The maximum atomic E-state index is 11.6. The summed E-state index contributed by atoms with van der Waals surface area (Å²) in [6, 6.07) is 0. The first-order chi connectivity index (χ1) is 14.6. The van der Waals surface area contributed by atoms with Gasteiger partial charge in [-0.15, -0.1) is 0 Å². The van der Waals surface area contributed by atoms with E-state index in [1.54, 1.807) is 0 Å². The predicted molar refractivity (Wildman–Crippen MR) is 103 cm³/mol. The molecule has 1 saturated carbocycles. The summed E-state index contributed by atoms with van der Waals surface area (Å²) in [5, 5.41) is 35.8. The monoisotopic (exact) mass is 440 g/mol. The number of aliphatic hydroxyl groups is 3. The highest BCUT2D eigenvalue weighted by Crippen LogP contribution is 2.31. The molecule has 30 heavy (non-hydrogen) atoms. The van der Waals surface area contributed by atoms with Crippen molar-refractivity contribution in [2.75, 3.05) is 79.3 Å². The molecule has 1 rings (SSSR count). The van der Waals surface area contributed by atoms with Crippen LogP contribution in [-0.4, -0.2) is 124 Å². The molecule has 0 aromatic carbocycles. The molecule has 1 fully saturated rings. The molecular weight excluding hydrogens is 404 g/mol.